The molecule has 0 atom stereocenters. The molecule has 1 aromatic rings. The molecular formula is C14H25N3O. The zero-order chi connectivity index (χ0) is 13.8. The molecule has 0 aliphatic heterocycles. The van der Waals surface area contributed by atoms with E-state index in [9.17, 15) is 4.79 Å². The normalized spacial score (nSPS) is 11.6. The van der Waals surface area contributed by atoms with Crippen molar-refractivity contribution in [1.82, 2.24) is 9.47 Å². The van der Waals surface area contributed by atoms with Crippen molar-refractivity contribution in [3.63, 3.8) is 0 Å². The average molecular weight is 251 g/mol. The highest BCUT2D eigenvalue weighted by Crippen LogP contribution is 2.16. The fraction of sp³-hybridized carbons (Fsp3) is 0.643. The molecule has 0 radical (unpaired) electrons. The van der Waals surface area contributed by atoms with Crippen LogP contribution < -0.4 is 5.73 Å². The van der Waals surface area contributed by atoms with Gasteiger partial charge in [0.05, 0.1) is 0 Å². The first-order chi connectivity index (χ1) is 8.41. The number of rotatable bonds is 6. The summed E-state index contributed by atoms with van der Waals surface area (Å²) in [6.45, 7) is 8.36. The van der Waals surface area contributed by atoms with Gasteiger partial charge in [0, 0.05) is 26.3 Å². The topological polar surface area (TPSA) is 51.3 Å². The van der Waals surface area contributed by atoms with Gasteiger partial charge in [0.1, 0.15) is 5.69 Å². The lowest BCUT2D eigenvalue weighted by atomic mass is 9.93. The zero-order valence-electron chi connectivity index (χ0n) is 11.9. The monoisotopic (exact) mass is 251 g/mol. The van der Waals surface area contributed by atoms with Crippen molar-refractivity contribution in [2.75, 3.05) is 20.1 Å². The summed E-state index contributed by atoms with van der Waals surface area (Å²) in [5.41, 5.74) is 6.42. The molecule has 0 saturated carbocycles. The van der Waals surface area contributed by atoms with Gasteiger partial charge in [-0.2, -0.15) is 0 Å². The summed E-state index contributed by atoms with van der Waals surface area (Å²) in [6, 6.07) is 3.80. The van der Waals surface area contributed by atoms with Gasteiger partial charge in [-0.3, -0.25) is 4.79 Å². The Labute approximate surface area is 110 Å². The van der Waals surface area contributed by atoms with Gasteiger partial charge in [-0.05, 0) is 30.5 Å². The average Bonchev–Trinajstić information content (AvgIpc) is 2.76. The van der Waals surface area contributed by atoms with E-state index in [0.29, 0.717) is 13.1 Å². The van der Waals surface area contributed by atoms with E-state index < -0.39 is 0 Å². The van der Waals surface area contributed by atoms with Crippen LogP contribution in [0.15, 0.2) is 18.3 Å². The SMILES string of the molecule is CCCn1cccc1C(=O)N(C)CC(C)(C)CN. The number of hydrogen-bond acceptors (Lipinski definition) is 2. The minimum absolute atomic E-state index is 0.0490. The van der Waals surface area contributed by atoms with Crippen molar-refractivity contribution in [2.24, 2.45) is 11.1 Å². The number of carbonyl (C=O) groups excluding carboxylic acids is 1. The third-order valence-corrected chi connectivity index (χ3v) is 3.08. The Hall–Kier alpha value is -1.29. The van der Waals surface area contributed by atoms with Crippen molar-refractivity contribution in [3.05, 3.63) is 24.0 Å². The van der Waals surface area contributed by atoms with Crippen molar-refractivity contribution < 1.29 is 4.79 Å². The molecule has 1 heterocycles. The van der Waals surface area contributed by atoms with E-state index in [4.69, 9.17) is 5.73 Å². The number of nitrogens with zero attached hydrogens (tertiary/aromatic N) is 2. The number of amides is 1. The fourth-order valence-electron chi connectivity index (χ4n) is 2.02. The highest BCUT2D eigenvalue weighted by Gasteiger charge is 2.23. The first-order valence-electron chi connectivity index (χ1n) is 6.52. The van der Waals surface area contributed by atoms with E-state index in [1.54, 1.807) is 4.90 Å². The number of aromatic nitrogens is 1. The van der Waals surface area contributed by atoms with Crippen LogP contribution in [0.5, 0.6) is 0 Å². The second-order valence-corrected chi connectivity index (χ2v) is 5.62. The quantitative estimate of drug-likeness (QED) is 0.840. The number of nitrogens with two attached hydrogens (primary N) is 1. The van der Waals surface area contributed by atoms with Crippen LogP contribution in [0.1, 0.15) is 37.7 Å². The molecular weight excluding hydrogens is 226 g/mol. The molecule has 0 spiro atoms. The van der Waals surface area contributed by atoms with E-state index in [-0.39, 0.29) is 11.3 Å². The van der Waals surface area contributed by atoms with E-state index in [2.05, 4.69) is 20.8 Å². The minimum Gasteiger partial charge on any atom is -0.344 e. The van der Waals surface area contributed by atoms with Gasteiger partial charge < -0.3 is 15.2 Å². The Morgan fingerprint density at radius 2 is 2.17 bits per heavy atom. The molecule has 4 nitrogen and oxygen atoms in total. The lowest BCUT2D eigenvalue weighted by molar-refractivity contribution is 0.0729. The summed E-state index contributed by atoms with van der Waals surface area (Å²) in [4.78, 5) is 14.1. The van der Waals surface area contributed by atoms with Crippen molar-refractivity contribution >= 4 is 5.91 Å². The Morgan fingerprint density at radius 3 is 2.72 bits per heavy atom. The Bertz CT molecular complexity index is 395. The predicted octanol–water partition coefficient (Wildman–Crippen LogP) is 1.95. The predicted molar refractivity (Wildman–Crippen MR) is 74.5 cm³/mol. The smallest absolute Gasteiger partial charge is 0.270 e. The maximum Gasteiger partial charge on any atom is 0.270 e. The summed E-state index contributed by atoms with van der Waals surface area (Å²) in [5, 5.41) is 0. The zero-order valence-corrected chi connectivity index (χ0v) is 11.9. The maximum atomic E-state index is 12.4. The number of carbonyl (C=O) groups is 1. The molecule has 0 aliphatic carbocycles. The van der Waals surface area contributed by atoms with Crippen LogP contribution in [-0.2, 0) is 6.54 Å². The molecule has 2 N–H and O–H groups in total. The van der Waals surface area contributed by atoms with Crippen LogP contribution in [-0.4, -0.2) is 35.5 Å². The van der Waals surface area contributed by atoms with Gasteiger partial charge in [0.25, 0.3) is 5.91 Å². The van der Waals surface area contributed by atoms with E-state index >= 15 is 0 Å². The van der Waals surface area contributed by atoms with Crippen molar-refractivity contribution in [2.45, 2.75) is 33.7 Å². The summed E-state index contributed by atoms with van der Waals surface area (Å²) >= 11 is 0. The summed E-state index contributed by atoms with van der Waals surface area (Å²) in [7, 11) is 1.84. The Morgan fingerprint density at radius 1 is 1.50 bits per heavy atom. The second-order valence-electron chi connectivity index (χ2n) is 5.62. The number of hydrogen-bond donors (Lipinski definition) is 1. The molecule has 102 valence electrons. The summed E-state index contributed by atoms with van der Waals surface area (Å²) in [6.07, 6.45) is 2.98. The molecule has 4 heteroatoms. The minimum atomic E-state index is -0.0490. The highest BCUT2D eigenvalue weighted by molar-refractivity contribution is 5.92. The maximum absolute atomic E-state index is 12.4. The van der Waals surface area contributed by atoms with Crippen LogP contribution >= 0.6 is 0 Å². The van der Waals surface area contributed by atoms with Crippen LogP contribution in [0.25, 0.3) is 0 Å². The molecule has 0 aliphatic rings. The first kappa shape index (κ1) is 14.8. The van der Waals surface area contributed by atoms with Gasteiger partial charge in [-0.25, -0.2) is 0 Å². The van der Waals surface area contributed by atoms with Crippen molar-refractivity contribution in [1.29, 1.82) is 0 Å². The van der Waals surface area contributed by atoms with Crippen LogP contribution in [0.3, 0.4) is 0 Å². The molecule has 0 bridgehead atoms. The van der Waals surface area contributed by atoms with Gasteiger partial charge in [0.15, 0.2) is 0 Å². The molecule has 1 amide bonds. The molecule has 0 saturated heterocycles. The van der Waals surface area contributed by atoms with Gasteiger partial charge >= 0.3 is 0 Å². The summed E-state index contributed by atoms with van der Waals surface area (Å²) in [5.74, 6) is 0.0648. The van der Waals surface area contributed by atoms with Crippen LogP contribution in [0.2, 0.25) is 0 Å². The van der Waals surface area contributed by atoms with E-state index in [1.165, 1.54) is 0 Å². The lowest BCUT2D eigenvalue weighted by Crippen LogP contribution is -2.40. The molecule has 0 aromatic carbocycles. The van der Waals surface area contributed by atoms with Gasteiger partial charge in [0.2, 0.25) is 0 Å². The number of aryl methyl sites for hydroxylation is 1. The van der Waals surface area contributed by atoms with Gasteiger partial charge in [-0.15, -0.1) is 0 Å². The Balaban J connectivity index is 2.77. The fourth-order valence-corrected chi connectivity index (χ4v) is 2.02. The third-order valence-electron chi connectivity index (χ3n) is 3.08. The molecule has 1 rings (SSSR count). The van der Waals surface area contributed by atoms with Gasteiger partial charge in [-0.1, -0.05) is 20.8 Å². The van der Waals surface area contributed by atoms with E-state index in [0.717, 1.165) is 18.7 Å². The highest BCUT2D eigenvalue weighted by atomic mass is 16.2. The first-order valence-corrected chi connectivity index (χ1v) is 6.52. The third kappa shape index (κ3) is 3.60. The molecule has 0 fully saturated rings. The van der Waals surface area contributed by atoms with Crippen LogP contribution in [0.4, 0.5) is 0 Å². The lowest BCUT2D eigenvalue weighted by Gasteiger charge is -2.29. The van der Waals surface area contributed by atoms with Crippen LogP contribution in [0, 0.1) is 5.41 Å². The summed E-state index contributed by atoms with van der Waals surface area (Å²) < 4.78 is 2.01. The standard InChI is InChI=1S/C14H25N3O/c1-5-8-17-9-6-7-12(17)13(18)16(4)11-14(2,3)10-15/h6-7,9H,5,8,10-11,15H2,1-4H3. The molecule has 0 unspecified atom stereocenters. The Kier molecular flexibility index (Phi) is 4.96. The largest absolute Gasteiger partial charge is 0.344 e. The van der Waals surface area contributed by atoms with E-state index in [1.807, 2.05) is 29.9 Å². The molecule has 1 aromatic heterocycles. The second kappa shape index (κ2) is 6.05. The van der Waals surface area contributed by atoms with Crippen molar-refractivity contribution in [3.8, 4) is 0 Å². The molecule has 18 heavy (non-hydrogen) atoms.